The van der Waals surface area contributed by atoms with Crippen molar-refractivity contribution in [3.8, 4) is 0 Å². The Hall–Kier alpha value is -1.79. The second kappa shape index (κ2) is 6.58. The first-order valence-corrected chi connectivity index (χ1v) is 6.66. The fraction of sp³-hybridized carbons (Fsp3) is 0.500. The van der Waals surface area contributed by atoms with Crippen LogP contribution in [0.3, 0.4) is 0 Å². The molecule has 0 aromatic carbocycles. The van der Waals surface area contributed by atoms with E-state index in [1.54, 1.807) is 18.4 Å². The molecule has 2 aromatic rings. The van der Waals surface area contributed by atoms with Crippen LogP contribution in [-0.4, -0.2) is 41.9 Å². The molecule has 6 heteroatoms. The predicted octanol–water partition coefficient (Wildman–Crippen LogP) is 1.52. The van der Waals surface area contributed by atoms with Crippen LogP contribution in [-0.2, 0) is 4.74 Å². The molecule has 20 heavy (non-hydrogen) atoms. The number of ether oxygens (including phenoxy) is 1. The first kappa shape index (κ1) is 14.6. The molecule has 0 radical (unpaired) electrons. The van der Waals surface area contributed by atoms with Crippen molar-refractivity contribution in [1.29, 1.82) is 0 Å². The smallest absolute Gasteiger partial charge is 0.267 e. The molecule has 6 nitrogen and oxygen atoms in total. The lowest BCUT2D eigenvalue weighted by atomic mass is 10.2. The number of aromatic nitrogens is 1. The first-order valence-electron chi connectivity index (χ1n) is 6.66. The molecule has 0 saturated heterocycles. The van der Waals surface area contributed by atoms with E-state index in [2.05, 4.69) is 10.3 Å². The highest BCUT2D eigenvalue weighted by Gasteiger charge is 2.13. The summed E-state index contributed by atoms with van der Waals surface area (Å²) < 4.78 is 10.5. The molecule has 0 aliphatic carbocycles. The van der Waals surface area contributed by atoms with Crippen LogP contribution >= 0.6 is 0 Å². The molecule has 0 aliphatic rings. The minimum atomic E-state index is -0.712. The molecule has 2 heterocycles. The summed E-state index contributed by atoms with van der Waals surface area (Å²) in [5.41, 5.74) is 1.82. The average Bonchev–Trinajstić information content (AvgIpc) is 2.96. The predicted molar refractivity (Wildman–Crippen MR) is 74.6 cm³/mol. The van der Waals surface area contributed by atoms with Crippen LogP contribution in [0.25, 0.3) is 11.1 Å². The number of fused-ring (bicyclic) bond motifs is 1. The van der Waals surface area contributed by atoms with Gasteiger partial charge in [-0.15, -0.1) is 0 Å². The maximum atomic E-state index is 11.9. The van der Waals surface area contributed by atoms with Crippen molar-refractivity contribution in [1.82, 2.24) is 10.3 Å². The van der Waals surface area contributed by atoms with Gasteiger partial charge in [-0.3, -0.25) is 4.79 Å². The van der Waals surface area contributed by atoms with Crippen LogP contribution in [0.1, 0.15) is 24.3 Å². The van der Waals surface area contributed by atoms with E-state index in [9.17, 15) is 9.90 Å². The Labute approximate surface area is 117 Å². The van der Waals surface area contributed by atoms with Gasteiger partial charge in [0, 0.05) is 25.3 Å². The van der Waals surface area contributed by atoms with Gasteiger partial charge in [0.2, 0.25) is 0 Å². The van der Waals surface area contributed by atoms with Crippen molar-refractivity contribution >= 4 is 17.0 Å². The second-order valence-electron chi connectivity index (χ2n) is 5.18. The molecule has 0 saturated carbocycles. The quantitative estimate of drug-likeness (QED) is 0.717. The van der Waals surface area contributed by atoms with E-state index >= 15 is 0 Å². The van der Waals surface area contributed by atoms with E-state index in [4.69, 9.17) is 9.15 Å². The Morgan fingerprint density at radius 1 is 1.50 bits per heavy atom. The minimum Gasteiger partial charge on any atom is -0.463 e. The molecule has 0 spiro atoms. The fourth-order valence-corrected chi connectivity index (χ4v) is 1.78. The largest absolute Gasteiger partial charge is 0.463 e. The standard InChI is InChI=1S/C14H20N2O4/c1-9(2)7-19-8-10(17)6-15-14(18)12-5-13-11(16-12)3-4-20-13/h3-5,9-10,16-17H,6-8H2,1-2H3,(H,15,18). The molecule has 3 N–H and O–H groups in total. The SMILES string of the molecule is CC(C)COCC(O)CNC(=O)c1cc2occc2[nH]1. The molecule has 0 bridgehead atoms. The monoisotopic (exact) mass is 280 g/mol. The van der Waals surface area contributed by atoms with Crippen molar-refractivity contribution in [2.45, 2.75) is 20.0 Å². The molecule has 1 unspecified atom stereocenters. The number of carbonyl (C=O) groups excluding carboxylic acids is 1. The number of H-pyrrole nitrogens is 1. The molecular weight excluding hydrogens is 260 g/mol. The highest BCUT2D eigenvalue weighted by atomic mass is 16.5. The number of aliphatic hydroxyl groups is 1. The maximum absolute atomic E-state index is 11.9. The third-order valence-electron chi connectivity index (χ3n) is 2.74. The van der Waals surface area contributed by atoms with Crippen molar-refractivity contribution in [3.63, 3.8) is 0 Å². The Balaban J connectivity index is 1.75. The van der Waals surface area contributed by atoms with Gasteiger partial charge in [-0.1, -0.05) is 13.8 Å². The zero-order valence-electron chi connectivity index (χ0n) is 11.7. The Morgan fingerprint density at radius 3 is 3.00 bits per heavy atom. The molecule has 0 aliphatic heterocycles. The zero-order chi connectivity index (χ0) is 14.5. The van der Waals surface area contributed by atoms with Gasteiger partial charge in [-0.05, 0) is 5.92 Å². The van der Waals surface area contributed by atoms with Crippen LogP contribution in [0, 0.1) is 5.92 Å². The van der Waals surface area contributed by atoms with Crippen molar-refractivity contribution in [3.05, 3.63) is 24.1 Å². The van der Waals surface area contributed by atoms with Gasteiger partial charge < -0.3 is 24.6 Å². The van der Waals surface area contributed by atoms with E-state index < -0.39 is 6.10 Å². The number of amides is 1. The summed E-state index contributed by atoms with van der Waals surface area (Å²) in [5, 5.41) is 12.3. The first-order chi connectivity index (χ1) is 9.56. The average molecular weight is 280 g/mol. The topological polar surface area (TPSA) is 87.5 Å². The van der Waals surface area contributed by atoms with Crippen LogP contribution in [0.2, 0.25) is 0 Å². The van der Waals surface area contributed by atoms with E-state index in [1.165, 1.54) is 0 Å². The van der Waals surface area contributed by atoms with E-state index in [1.807, 2.05) is 13.8 Å². The Kier molecular flexibility index (Phi) is 4.81. The molecule has 2 rings (SSSR count). The lowest BCUT2D eigenvalue weighted by molar-refractivity contribution is 0.0259. The number of nitrogens with one attached hydrogen (secondary N) is 2. The van der Waals surface area contributed by atoms with Gasteiger partial charge in [0.25, 0.3) is 5.91 Å². The Morgan fingerprint density at radius 2 is 2.30 bits per heavy atom. The van der Waals surface area contributed by atoms with Crippen molar-refractivity contribution in [2.75, 3.05) is 19.8 Å². The number of furan rings is 1. The highest BCUT2D eigenvalue weighted by Crippen LogP contribution is 2.15. The summed E-state index contributed by atoms with van der Waals surface area (Å²) in [6.07, 6.45) is 0.842. The number of carbonyl (C=O) groups is 1. The van der Waals surface area contributed by atoms with E-state index in [0.29, 0.717) is 23.8 Å². The summed E-state index contributed by atoms with van der Waals surface area (Å²) >= 11 is 0. The lowest BCUT2D eigenvalue weighted by Crippen LogP contribution is -2.35. The van der Waals surface area contributed by atoms with E-state index in [0.717, 1.165) is 5.52 Å². The van der Waals surface area contributed by atoms with Crippen LogP contribution in [0.15, 0.2) is 22.8 Å². The second-order valence-corrected chi connectivity index (χ2v) is 5.18. The summed E-state index contributed by atoms with van der Waals surface area (Å²) in [4.78, 5) is 14.8. The third kappa shape index (κ3) is 3.85. The maximum Gasteiger partial charge on any atom is 0.267 e. The van der Waals surface area contributed by atoms with Gasteiger partial charge >= 0.3 is 0 Å². The summed E-state index contributed by atoms with van der Waals surface area (Å²) in [6, 6.07) is 3.38. The highest BCUT2D eigenvalue weighted by molar-refractivity contribution is 5.96. The summed E-state index contributed by atoms with van der Waals surface area (Å²) in [5.74, 6) is 0.144. The number of aromatic amines is 1. The van der Waals surface area contributed by atoms with Crippen LogP contribution in [0.4, 0.5) is 0 Å². The molecular formula is C14H20N2O4. The molecule has 1 atom stereocenters. The molecule has 0 fully saturated rings. The summed E-state index contributed by atoms with van der Waals surface area (Å²) in [7, 11) is 0. The molecule has 2 aromatic heterocycles. The van der Waals surface area contributed by atoms with E-state index in [-0.39, 0.29) is 19.1 Å². The fourth-order valence-electron chi connectivity index (χ4n) is 1.78. The molecule has 110 valence electrons. The Bertz CT molecular complexity index is 530. The van der Waals surface area contributed by atoms with Crippen molar-refractivity contribution < 1.29 is 19.1 Å². The number of aliphatic hydroxyl groups excluding tert-OH is 1. The number of hydrogen-bond donors (Lipinski definition) is 3. The molecule has 1 amide bonds. The van der Waals surface area contributed by atoms with Gasteiger partial charge in [0.15, 0.2) is 5.58 Å². The number of hydrogen-bond acceptors (Lipinski definition) is 4. The summed E-state index contributed by atoms with van der Waals surface area (Å²) in [6.45, 7) is 5.03. The van der Waals surface area contributed by atoms with Gasteiger partial charge in [0.05, 0.1) is 24.5 Å². The lowest BCUT2D eigenvalue weighted by Gasteiger charge is -2.13. The van der Waals surface area contributed by atoms with Crippen LogP contribution < -0.4 is 5.32 Å². The van der Waals surface area contributed by atoms with Crippen LogP contribution in [0.5, 0.6) is 0 Å². The third-order valence-corrected chi connectivity index (χ3v) is 2.74. The minimum absolute atomic E-state index is 0.150. The van der Waals surface area contributed by atoms with Crippen molar-refractivity contribution in [2.24, 2.45) is 5.92 Å². The normalized spacial score (nSPS) is 13.0. The van der Waals surface area contributed by atoms with Gasteiger partial charge in [-0.25, -0.2) is 0 Å². The van der Waals surface area contributed by atoms with Gasteiger partial charge in [0.1, 0.15) is 5.69 Å². The number of rotatable bonds is 7. The van der Waals surface area contributed by atoms with Gasteiger partial charge in [-0.2, -0.15) is 0 Å². The zero-order valence-corrected chi connectivity index (χ0v) is 11.7.